The number of unbranched alkanes of at least 4 members (excludes halogenated alkanes) is 13. The highest BCUT2D eigenvalue weighted by molar-refractivity contribution is 7.80. The second-order valence-corrected chi connectivity index (χ2v) is 7.02. The minimum Gasteiger partial charge on any atom is -0.487 e. The zero-order chi connectivity index (χ0) is 16.3. The van der Waals surface area contributed by atoms with Crippen LogP contribution in [0.1, 0.15) is 117 Å². The minimum absolute atomic E-state index is 0.830. The molecule has 0 saturated heterocycles. The minimum atomic E-state index is 0.830. The summed E-state index contributed by atoms with van der Waals surface area (Å²) in [6, 6.07) is 0. The van der Waals surface area contributed by atoms with Crippen LogP contribution in [0.2, 0.25) is 0 Å². The van der Waals surface area contributed by atoms with Gasteiger partial charge in [0.2, 0.25) is 0 Å². The summed E-state index contributed by atoms with van der Waals surface area (Å²) in [4.78, 5) is 0. The summed E-state index contributed by atoms with van der Waals surface area (Å²) in [6.07, 6.45) is 21.3. The molecule has 0 fully saturated rings. The number of rotatable bonds is 17. The van der Waals surface area contributed by atoms with Crippen molar-refractivity contribution in [2.24, 2.45) is 0 Å². The Kier molecular flexibility index (Phi) is 18.8. The van der Waals surface area contributed by atoms with Gasteiger partial charge in [-0.15, -0.1) is 0 Å². The zero-order valence-corrected chi connectivity index (χ0v) is 16.2. The Morgan fingerprint density at radius 2 is 1.00 bits per heavy atom. The van der Waals surface area contributed by atoms with Crippen LogP contribution in [0.25, 0.3) is 0 Å². The maximum atomic E-state index is 5.61. The number of hydrogen-bond donors (Lipinski definition) is 0. The summed E-state index contributed by atoms with van der Waals surface area (Å²) in [6.45, 7) is 5.35. The van der Waals surface area contributed by atoms with Crippen LogP contribution in [0, 0.1) is 0 Å². The summed E-state index contributed by atoms with van der Waals surface area (Å²) in [7, 11) is 0. The molecule has 0 aliphatic rings. The first-order chi connectivity index (χ1) is 10.8. The van der Waals surface area contributed by atoms with Crippen molar-refractivity contribution >= 4 is 17.3 Å². The Bertz CT molecular complexity index is 228. The van der Waals surface area contributed by atoms with Gasteiger partial charge in [-0.2, -0.15) is 0 Å². The highest BCUT2D eigenvalue weighted by Gasteiger charge is 1.99. The lowest BCUT2D eigenvalue weighted by Gasteiger charge is -2.07. The van der Waals surface area contributed by atoms with Crippen LogP contribution >= 0.6 is 12.2 Å². The van der Waals surface area contributed by atoms with Crippen molar-refractivity contribution in [1.82, 2.24) is 0 Å². The van der Waals surface area contributed by atoms with Crippen molar-refractivity contribution in [2.75, 3.05) is 6.61 Å². The molecule has 0 aromatic heterocycles. The third-order valence-electron chi connectivity index (χ3n) is 4.25. The third-order valence-corrected chi connectivity index (χ3v) is 4.57. The normalized spacial score (nSPS) is 10.8. The SMILES string of the molecule is CCCCCCCCCCCCCC(=S)OCCCCCC. The Labute approximate surface area is 145 Å². The second kappa shape index (κ2) is 18.9. The third kappa shape index (κ3) is 17.9. The number of ether oxygens (including phenoxy) is 1. The van der Waals surface area contributed by atoms with Crippen LogP contribution in [0.3, 0.4) is 0 Å². The first kappa shape index (κ1) is 21.9. The van der Waals surface area contributed by atoms with Crippen molar-refractivity contribution in [3.8, 4) is 0 Å². The van der Waals surface area contributed by atoms with Crippen molar-refractivity contribution in [1.29, 1.82) is 0 Å². The molecule has 0 bridgehead atoms. The smallest absolute Gasteiger partial charge is 0.159 e. The number of hydrogen-bond acceptors (Lipinski definition) is 2. The van der Waals surface area contributed by atoms with E-state index in [1.807, 2.05) is 0 Å². The molecule has 0 heterocycles. The molecule has 0 aromatic carbocycles. The maximum absolute atomic E-state index is 5.61. The lowest BCUT2D eigenvalue weighted by molar-refractivity contribution is 0.291. The van der Waals surface area contributed by atoms with Gasteiger partial charge in [0.1, 0.15) is 0 Å². The van der Waals surface area contributed by atoms with Crippen LogP contribution < -0.4 is 0 Å². The van der Waals surface area contributed by atoms with E-state index in [9.17, 15) is 0 Å². The quantitative estimate of drug-likeness (QED) is 0.201. The van der Waals surface area contributed by atoms with E-state index in [1.54, 1.807) is 0 Å². The van der Waals surface area contributed by atoms with Gasteiger partial charge in [-0.05, 0) is 25.1 Å². The lowest BCUT2D eigenvalue weighted by Crippen LogP contribution is -2.03. The number of thiocarbonyl (C=S) groups is 1. The summed E-state index contributed by atoms with van der Waals surface area (Å²) in [5, 5.41) is 0.840. The molecule has 0 aromatic rings. The van der Waals surface area contributed by atoms with E-state index in [0.717, 1.165) is 24.5 Å². The lowest BCUT2D eigenvalue weighted by atomic mass is 10.1. The molecule has 0 spiro atoms. The molecule has 132 valence electrons. The van der Waals surface area contributed by atoms with Crippen molar-refractivity contribution in [3.05, 3.63) is 0 Å². The summed E-state index contributed by atoms with van der Waals surface area (Å²) >= 11 is 5.28. The molecule has 0 aliphatic heterocycles. The van der Waals surface area contributed by atoms with Crippen molar-refractivity contribution in [3.63, 3.8) is 0 Å². The largest absolute Gasteiger partial charge is 0.487 e. The standard InChI is InChI=1S/C20H40OS/c1-3-5-7-9-10-11-12-13-14-15-16-18-20(22)21-19-17-8-6-4-2/h3-19H2,1-2H3. The van der Waals surface area contributed by atoms with Gasteiger partial charge < -0.3 is 4.74 Å². The summed E-state index contributed by atoms with van der Waals surface area (Å²) < 4.78 is 5.61. The monoisotopic (exact) mass is 328 g/mol. The van der Waals surface area contributed by atoms with E-state index in [-0.39, 0.29) is 0 Å². The van der Waals surface area contributed by atoms with Crippen LogP contribution in [0.5, 0.6) is 0 Å². The van der Waals surface area contributed by atoms with Crippen molar-refractivity contribution < 1.29 is 4.74 Å². The first-order valence-corrected chi connectivity index (χ1v) is 10.4. The van der Waals surface area contributed by atoms with Crippen LogP contribution in [0.4, 0.5) is 0 Å². The van der Waals surface area contributed by atoms with Gasteiger partial charge in [0.25, 0.3) is 0 Å². The fourth-order valence-electron chi connectivity index (χ4n) is 2.72. The average Bonchev–Trinajstić information content (AvgIpc) is 2.52. The van der Waals surface area contributed by atoms with E-state index in [1.165, 1.54) is 89.9 Å². The Hall–Kier alpha value is -0.110. The fourth-order valence-corrected chi connectivity index (χ4v) is 2.95. The Morgan fingerprint density at radius 1 is 0.591 bits per heavy atom. The van der Waals surface area contributed by atoms with Crippen molar-refractivity contribution in [2.45, 2.75) is 117 Å². The van der Waals surface area contributed by atoms with E-state index in [4.69, 9.17) is 17.0 Å². The molecule has 2 heteroatoms. The van der Waals surface area contributed by atoms with Gasteiger partial charge in [0, 0.05) is 6.42 Å². The molecule has 1 nitrogen and oxygen atoms in total. The molecule has 0 unspecified atom stereocenters. The van der Waals surface area contributed by atoms with Crippen LogP contribution in [-0.4, -0.2) is 11.7 Å². The Morgan fingerprint density at radius 3 is 1.50 bits per heavy atom. The molecular weight excluding hydrogens is 288 g/mol. The fraction of sp³-hybridized carbons (Fsp3) is 0.950. The van der Waals surface area contributed by atoms with Gasteiger partial charge in [0.05, 0.1) is 6.61 Å². The molecule has 0 aliphatic carbocycles. The average molecular weight is 329 g/mol. The highest BCUT2D eigenvalue weighted by atomic mass is 32.1. The molecular formula is C20H40OS. The molecule has 22 heavy (non-hydrogen) atoms. The summed E-state index contributed by atoms with van der Waals surface area (Å²) in [5.41, 5.74) is 0. The predicted molar refractivity (Wildman–Crippen MR) is 104 cm³/mol. The van der Waals surface area contributed by atoms with Gasteiger partial charge >= 0.3 is 0 Å². The topological polar surface area (TPSA) is 9.23 Å². The molecule has 0 rings (SSSR count). The van der Waals surface area contributed by atoms with Crippen LogP contribution in [0.15, 0.2) is 0 Å². The van der Waals surface area contributed by atoms with E-state index in [0.29, 0.717) is 0 Å². The summed E-state index contributed by atoms with van der Waals surface area (Å²) in [5.74, 6) is 0. The highest BCUT2D eigenvalue weighted by Crippen LogP contribution is 2.12. The second-order valence-electron chi connectivity index (χ2n) is 6.57. The van der Waals surface area contributed by atoms with Gasteiger partial charge in [-0.1, -0.05) is 97.3 Å². The molecule has 0 atom stereocenters. The van der Waals surface area contributed by atoms with E-state index >= 15 is 0 Å². The molecule has 0 N–H and O–H groups in total. The first-order valence-electron chi connectivity index (χ1n) is 9.96. The predicted octanol–water partition coefficient (Wildman–Crippen LogP) is 7.61. The van der Waals surface area contributed by atoms with E-state index in [2.05, 4.69) is 13.8 Å². The van der Waals surface area contributed by atoms with Crippen LogP contribution in [-0.2, 0) is 4.74 Å². The zero-order valence-electron chi connectivity index (χ0n) is 15.3. The maximum Gasteiger partial charge on any atom is 0.159 e. The van der Waals surface area contributed by atoms with E-state index < -0.39 is 0 Å². The molecule has 0 saturated carbocycles. The molecule has 0 radical (unpaired) electrons. The van der Waals surface area contributed by atoms with Gasteiger partial charge in [-0.3, -0.25) is 0 Å². The Balaban J connectivity index is 3.10. The van der Waals surface area contributed by atoms with Gasteiger partial charge in [0.15, 0.2) is 5.05 Å². The van der Waals surface area contributed by atoms with Gasteiger partial charge in [-0.25, -0.2) is 0 Å². The molecule has 0 amide bonds.